The number of rotatable bonds is 6. The van der Waals surface area contributed by atoms with Gasteiger partial charge in [-0.05, 0) is 43.2 Å². The molecule has 0 fully saturated rings. The summed E-state index contributed by atoms with van der Waals surface area (Å²) < 4.78 is 43.3. The van der Waals surface area contributed by atoms with Crippen LogP contribution in [0, 0.1) is 0 Å². The number of Topliss-reactive ketones (excluding diaryl/α,β-unsaturated/α-hetero) is 1. The van der Waals surface area contributed by atoms with E-state index in [2.05, 4.69) is 5.32 Å². The highest BCUT2D eigenvalue weighted by Crippen LogP contribution is 2.29. The van der Waals surface area contributed by atoms with Crippen molar-refractivity contribution in [1.29, 1.82) is 0 Å². The quantitative estimate of drug-likeness (QED) is 0.582. The van der Waals surface area contributed by atoms with Crippen LogP contribution in [0.3, 0.4) is 0 Å². The van der Waals surface area contributed by atoms with Crippen LogP contribution in [0.15, 0.2) is 65.1 Å². The molecule has 1 heterocycles. The lowest BCUT2D eigenvalue weighted by Gasteiger charge is -2.08. The molecule has 3 rings (SSSR count). The fraction of sp³-hybridized carbons (Fsp3) is 0.182. The maximum absolute atomic E-state index is 12.6. The first-order valence-electron chi connectivity index (χ1n) is 8.89. The van der Waals surface area contributed by atoms with Gasteiger partial charge in [-0.25, -0.2) is 0 Å². The number of hydrogen-bond acceptors (Lipinski definition) is 3. The molecule has 7 heteroatoms. The van der Waals surface area contributed by atoms with Crippen LogP contribution in [0.1, 0.15) is 39.0 Å². The van der Waals surface area contributed by atoms with E-state index in [0.717, 1.165) is 17.7 Å². The van der Waals surface area contributed by atoms with E-state index in [4.69, 9.17) is 4.42 Å². The number of nitrogens with one attached hydrogen (secondary N) is 1. The van der Waals surface area contributed by atoms with E-state index in [9.17, 15) is 22.8 Å². The molecule has 0 unspecified atom stereocenters. The Labute approximate surface area is 165 Å². The lowest BCUT2D eigenvalue weighted by atomic mass is 10.1. The molecule has 0 aliphatic rings. The van der Waals surface area contributed by atoms with Gasteiger partial charge in [0.25, 0.3) is 5.91 Å². The Balaban J connectivity index is 1.56. The summed E-state index contributed by atoms with van der Waals surface area (Å²) in [5.41, 5.74) is 1.30. The third-order valence-corrected chi connectivity index (χ3v) is 4.39. The van der Waals surface area contributed by atoms with Crippen molar-refractivity contribution >= 4 is 11.7 Å². The van der Waals surface area contributed by atoms with Gasteiger partial charge in [0.05, 0.1) is 5.56 Å². The molecular formula is C22H18F3NO3. The van der Waals surface area contributed by atoms with E-state index in [1.54, 1.807) is 36.4 Å². The molecule has 0 saturated heterocycles. The number of amides is 1. The molecule has 1 aromatic heterocycles. The summed E-state index contributed by atoms with van der Waals surface area (Å²) in [6.45, 7) is 1.74. The van der Waals surface area contributed by atoms with Gasteiger partial charge in [0.1, 0.15) is 5.76 Å². The van der Waals surface area contributed by atoms with Crippen LogP contribution < -0.4 is 5.32 Å². The first kappa shape index (κ1) is 20.4. The average molecular weight is 401 g/mol. The van der Waals surface area contributed by atoms with Crippen molar-refractivity contribution in [1.82, 2.24) is 5.32 Å². The first-order chi connectivity index (χ1) is 13.7. The molecule has 0 aliphatic carbocycles. The standard InChI is InChI=1S/C22H18F3NO3/c1-14(27)16-4-6-17(7-5-16)19-10-11-20(29-19)21(28)26-13-12-15-2-8-18(9-3-15)22(23,24)25/h2-11H,12-13H2,1H3,(H,26,28). The van der Waals surface area contributed by atoms with Crippen molar-refractivity contribution in [3.63, 3.8) is 0 Å². The average Bonchev–Trinajstić information content (AvgIpc) is 3.18. The zero-order valence-corrected chi connectivity index (χ0v) is 15.5. The van der Waals surface area contributed by atoms with Crippen LogP contribution in [0.25, 0.3) is 11.3 Å². The number of carbonyl (C=O) groups is 2. The topological polar surface area (TPSA) is 59.3 Å². The molecule has 4 nitrogen and oxygen atoms in total. The molecule has 150 valence electrons. The molecule has 0 radical (unpaired) electrons. The number of hydrogen-bond donors (Lipinski definition) is 1. The smallest absolute Gasteiger partial charge is 0.416 e. The van der Waals surface area contributed by atoms with Crippen LogP contribution in [0.5, 0.6) is 0 Å². The molecule has 0 atom stereocenters. The molecule has 0 spiro atoms. The number of halogens is 3. The van der Waals surface area contributed by atoms with Crippen LogP contribution in [0.4, 0.5) is 13.2 Å². The van der Waals surface area contributed by atoms with E-state index >= 15 is 0 Å². The van der Waals surface area contributed by atoms with Crippen LogP contribution >= 0.6 is 0 Å². The zero-order valence-electron chi connectivity index (χ0n) is 15.5. The first-order valence-corrected chi connectivity index (χ1v) is 8.89. The molecule has 0 aliphatic heterocycles. The summed E-state index contributed by atoms with van der Waals surface area (Å²) in [5, 5.41) is 2.68. The van der Waals surface area contributed by atoms with Crippen molar-refractivity contribution in [2.75, 3.05) is 6.54 Å². The summed E-state index contributed by atoms with van der Waals surface area (Å²) in [6, 6.07) is 14.9. The van der Waals surface area contributed by atoms with Crippen molar-refractivity contribution in [3.8, 4) is 11.3 Å². The van der Waals surface area contributed by atoms with E-state index in [-0.39, 0.29) is 18.1 Å². The second kappa shape index (κ2) is 8.34. The lowest BCUT2D eigenvalue weighted by molar-refractivity contribution is -0.137. The number of alkyl halides is 3. The Morgan fingerprint density at radius 2 is 1.59 bits per heavy atom. The summed E-state index contributed by atoms with van der Waals surface area (Å²) in [5.74, 6) is 0.170. The highest BCUT2D eigenvalue weighted by atomic mass is 19.4. The van der Waals surface area contributed by atoms with Gasteiger partial charge < -0.3 is 9.73 Å². The third kappa shape index (κ3) is 5.13. The Kier molecular flexibility index (Phi) is 5.87. The predicted octanol–water partition coefficient (Wildman–Crippen LogP) is 5.14. The zero-order chi connectivity index (χ0) is 21.0. The van der Waals surface area contributed by atoms with Crippen molar-refractivity contribution in [2.45, 2.75) is 19.5 Å². The fourth-order valence-electron chi connectivity index (χ4n) is 2.75. The lowest BCUT2D eigenvalue weighted by Crippen LogP contribution is -2.25. The second-order valence-corrected chi connectivity index (χ2v) is 6.50. The third-order valence-electron chi connectivity index (χ3n) is 4.39. The fourth-order valence-corrected chi connectivity index (χ4v) is 2.75. The predicted molar refractivity (Wildman–Crippen MR) is 102 cm³/mol. The normalized spacial score (nSPS) is 11.3. The second-order valence-electron chi connectivity index (χ2n) is 6.50. The Morgan fingerprint density at radius 3 is 2.17 bits per heavy atom. The summed E-state index contributed by atoms with van der Waals surface area (Å²) >= 11 is 0. The summed E-state index contributed by atoms with van der Waals surface area (Å²) in [4.78, 5) is 23.5. The number of ketones is 1. The minimum atomic E-state index is -4.36. The van der Waals surface area contributed by atoms with Gasteiger partial charge in [-0.3, -0.25) is 9.59 Å². The minimum absolute atomic E-state index is 0.0379. The van der Waals surface area contributed by atoms with Crippen molar-refractivity contribution < 1.29 is 27.2 Å². The van der Waals surface area contributed by atoms with E-state index < -0.39 is 17.6 Å². The van der Waals surface area contributed by atoms with Gasteiger partial charge in [0.2, 0.25) is 0 Å². The van der Waals surface area contributed by atoms with Crippen molar-refractivity contribution in [2.24, 2.45) is 0 Å². The van der Waals surface area contributed by atoms with Gasteiger partial charge in [0, 0.05) is 17.7 Å². The van der Waals surface area contributed by atoms with E-state index in [1.165, 1.54) is 19.1 Å². The maximum Gasteiger partial charge on any atom is 0.416 e. The Bertz CT molecular complexity index is 1000. The number of benzene rings is 2. The van der Waals surface area contributed by atoms with Crippen LogP contribution in [-0.2, 0) is 12.6 Å². The highest BCUT2D eigenvalue weighted by molar-refractivity contribution is 5.94. The molecule has 0 saturated carbocycles. The largest absolute Gasteiger partial charge is 0.451 e. The monoisotopic (exact) mass is 401 g/mol. The van der Waals surface area contributed by atoms with E-state index in [0.29, 0.717) is 23.3 Å². The molecule has 1 N–H and O–H groups in total. The van der Waals surface area contributed by atoms with Gasteiger partial charge in [0.15, 0.2) is 11.5 Å². The highest BCUT2D eigenvalue weighted by Gasteiger charge is 2.29. The Morgan fingerprint density at radius 1 is 0.931 bits per heavy atom. The molecule has 29 heavy (non-hydrogen) atoms. The Hall–Kier alpha value is -3.35. The van der Waals surface area contributed by atoms with Crippen LogP contribution in [-0.4, -0.2) is 18.2 Å². The minimum Gasteiger partial charge on any atom is -0.451 e. The maximum atomic E-state index is 12.6. The van der Waals surface area contributed by atoms with Crippen LogP contribution in [0.2, 0.25) is 0 Å². The van der Waals surface area contributed by atoms with Gasteiger partial charge >= 0.3 is 6.18 Å². The molecule has 2 aromatic carbocycles. The van der Waals surface area contributed by atoms with Gasteiger partial charge in [-0.1, -0.05) is 36.4 Å². The number of furan rings is 1. The van der Waals surface area contributed by atoms with E-state index in [1.807, 2.05) is 0 Å². The molecule has 3 aromatic rings. The van der Waals surface area contributed by atoms with Crippen molar-refractivity contribution in [3.05, 3.63) is 83.1 Å². The molecule has 1 amide bonds. The van der Waals surface area contributed by atoms with Gasteiger partial charge in [-0.15, -0.1) is 0 Å². The van der Waals surface area contributed by atoms with Gasteiger partial charge in [-0.2, -0.15) is 13.2 Å². The molecular weight excluding hydrogens is 383 g/mol. The molecule has 0 bridgehead atoms. The SMILES string of the molecule is CC(=O)c1ccc(-c2ccc(C(=O)NCCc3ccc(C(F)(F)F)cc3)o2)cc1. The summed E-state index contributed by atoms with van der Waals surface area (Å²) in [6.07, 6.45) is -3.97. The summed E-state index contributed by atoms with van der Waals surface area (Å²) in [7, 11) is 0. The number of carbonyl (C=O) groups excluding carboxylic acids is 2.